The maximum Gasteiger partial charge on any atom is 0.242 e. The molecule has 2 aliphatic rings. The van der Waals surface area contributed by atoms with Crippen LogP contribution in [0.15, 0.2) is 24.3 Å². The Morgan fingerprint density at radius 1 is 1.09 bits per heavy atom. The van der Waals surface area contributed by atoms with E-state index in [-0.39, 0.29) is 17.7 Å². The van der Waals surface area contributed by atoms with Crippen molar-refractivity contribution in [1.29, 1.82) is 0 Å². The van der Waals surface area contributed by atoms with Crippen LogP contribution in [0.3, 0.4) is 0 Å². The molecule has 3 rings (SSSR count). The van der Waals surface area contributed by atoms with Crippen molar-refractivity contribution in [2.75, 3.05) is 40.0 Å². The van der Waals surface area contributed by atoms with Gasteiger partial charge in [0.2, 0.25) is 11.8 Å². The number of nitrogens with one attached hydrogen (secondary N) is 2. The van der Waals surface area contributed by atoms with Crippen LogP contribution < -0.4 is 15.4 Å². The summed E-state index contributed by atoms with van der Waals surface area (Å²) in [6.45, 7) is 8.67. The largest absolute Gasteiger partial charge is 0.497 e. The Bertz CT molecular complexity index is 775. The van der Waals surface area contributed by atoms with Crippen LogP contribution in [-0.4, -0.2) is 62.7 Å². The van der Waals surface area contributed by atoms with Crippen molar-refractivity contribution >= 4 is 11.8 Å². The summed E-state index contributed by atoms with van der Waals surface area (Å²) in [5, 5.41) is 6.20. The van der Waals surface area contributed by atoms with E-state index in [1.54, 1.807) is 7.11 Å². The summed E-state index contributed by atoms with van der Waals surface area (Å²) in [6, 6.07) is 7.71. The highest BCUT2D eigenvalue weighted by Gasteiger charge is 2.42. The number of likely N-dealkylation sites (tertiary alicyclic amines) is 1. The first kappa shape index (κ1) is 26.5. The number of ether oxygens (including phenoxy) is 2. The fraction of sp³-hybridized carbons (Fsp3) is 0.704. The van der Waals surface area contributed by atoms with Gasteiger partial charge in [-0.15, -0.1) is 0 Å². The minimum atomic E-state index is -0.490. The van der Waals surface area contributed by atoms with E-state index in [0.717, 1.165) is 70.3 Å². The minimum absolute atomic E-state index is 0.0509. The van der Waals surface area contributed by atoms with Crippen molar-refractivity contribution in [3.8, 4) is 5.75 Å². The highest BCUT2D eigenvalue weighted by molar-refractivity contribution is 5.90. The van der Waals surface area contributed by atoms with Gasteiger partial charge in [0.05, 0.1) is 12.5 Å². The average Bonchev–Trinajstić information content (AvgIpc) is 2.86. The Kier molecular flexibility index (Phi) is 10.2. The highest BCUT2D eigenvalue weighted by atomic mass is 16.5. The van der Waals surface area contributed by atoms with E-state index in [1.165, 1.54) is 5.56 Å². The van der Waals surface area contributed by atoms with Crippen LogP contribution in [0.4, 0.5) is 0 Å². The summed E-state index contributed by atoms with van der Waals surface area (Å²) in [5.41, 5.74) is 0.824. The Morgan fingerprint density at radius 3 is 2.47 bits per heavy atom. The number of carbonyl (C=O) groups is 2. The number of hydrogen-bond acceptors (Lipinski definition) is 5. The maximum atomic E-state index is 13.7. The Hall–Kier alpha value is -2.12. The molecule has 0 bridgehead atoms. The van der Waals surface area contributed by atoms with Crippen molar-refractivity contribution in [1.82, 2.24) is 15.5 Å². The molecule has 0 aromatic heterocycles. The summed E-state index contributed by atoms with van der Waals surface area (Å²) in [4.78, 5) is 29.1. The number of nitrogens with zero attached hydrogens (tertiary/aromatic N) is 1. The third-order valence-corrected chi connectivity index (χ3v) is 7.60. The van der Waals surface area contributed by atoms with Gasteiger partial charge in [0.25, 0.3) is 0 Å². The summed E-state index contributed by atoms with van der Waals surface area (Å²) in [6.07, 6.45) is 6.02. The summed E-state index contributed by atoms with van der Waals surface area (Å²) in [7, 11) is 1.68. The fourth-order valence-corrected chi connectivity index (χ4v) is 4.98. The third kappa shape index (κ3) is 7.19. The molecule has 2 heterocycles. The molecule has 7 heteroatoms. The van der Waals surface area contributed by atoms with Gasteiger partial charge in [0.15, 0.2) is 0 Å². The zero-order chi connectivity index (χ0) is 24.4. The summed E-state index contributed by atoms with van der Waals surface area (Å²) in [5.74, 6) is 0.920. The predicted octanol–water partition coefficient (Wildman–Crippen LogP) is 3.52. The molecule has 190 valence electrons. The van der Waals surface area contributed by atoms with E-state index in [9.17, 15) is 9.59 Å². The van der Waals surface area contributed by atoms with Crippen LogP contribution in [0, 0.1) is 11.3 Å². The van der Waals surface area contributed by atoms with E-state index >= 15 is 0 Å². The van der Waals surface area contributed by atoms with Crippen molar-refractivity contribution in [3.05, 3.63) is 29.8 Å². The standard InChI is InChI=1S/C27H43N3O4/c1-4-21(2)24-25(31)28-15-7-19-34-18-6-5-12-27(26(32)29-24)13-16-30(17-14-27)20-22-8-10-23(33-3)11-9-22/h8-11,21,24H,4-7,12-20H2,1-3H3,(H,28,31)(H,29,32)/t21-,24-/m0/s1. The molecule has 1 aromatic rings. The minimum Gasteiger partial charge on any atom is -0.497 e. The molecule has 2 aliphatic heterocycles. The van der Waals surface area contributed by atoms with Gasteiger partial charge in [-0.05, 0) is 68.8 Å². The molecule has 1 spiro atoms. The van der Waals surface area contributed by atoms with Crippen LogP contribution in [0.2, 0.25) is 0 Å². The SMILES string of the molecule is CC[C@H](C)[C@@H]1NC(=O)C2(CCCCOCCCNC1=O)CCN(Cc1ccc(OC)cc1)CC2. The number of piperidine rings is 1. The van der Waals surface area contributed by atoms with Crippen LogP contribution in [0.5, 0.6) is 5.75 Å². The first-order chi connectivity index (χ1) is 16.5. The van der Waals surface area contributed by atoms with Crippen LogP contribution >= 0.6 is 0 Å². The molecule has 0 saturated carbocycles. The maximum absolute atomic E-state index is 13.7. The topological polar surface area (TPSA) is 79.9 Å². The third-order valence-electron chi connectivity index (χ3n) is 7.60. The van der Waals surface area contributed by atoms with Crippen molar-refractivity contribution in [2.24, 2.45) is 11.3 Å². The lowest BCUT2D eigenvalue weighted by molar-refractivity contribution is -0.139. The van der Waals surface area contributed by atoms with Gasteiger partial charge in [-0.2, -0.15) is 0 Å². The van der Waals surface area contributed by atoms with E-state index < -0.39 is 11.5 Å². The molecule has 0 aliphatic carbocycles. The molecule has 2 saturated heterocycles. The van der Waals surface area contributed by atoms with Gasteiger partial charge in [-0.1, -0.05) is 38.8 Å². The van der Waals surface area contributed by atoms with Gasteiger partial charge < -0.3 is 20.1 Å². The quantitative estimate of drug-likeness (QED) is 0.684. The van der Waals surface area contributed by atoms with Crippen molar-refractivity contribution in [2.45, 2.75) is 71.4 Å². The van der Waals surface area contributed by atoms with Crippen LogP contribution in [0.1, 0.15) is 64.4 Å². The molecule has 2 fully saturated rings. The lowest BCUT2D eigenvalue weighted by Crippen LogP contribution is -2.56. The second kappa shape index (κ2) is 13.1. The lowest BCUT2D eigenvalue weighted by Gasteiger charge is -2.42. The highest BCUT2D eigenvalue weighted by Crippen LogP contribution is 2.38. The Labute approximate surface area is 204 Å². The smallest absolute Gasteiger partial charge is 0.242 e. The monoisotopic (exact) mass is 473 g/mol. The Morgan fingerprint density at radius 2 is 1.79 bits per heavy atom. The predicted molar refractivity (Wildman–Crippen MR) is 134 cm³/mol. The van der Waals surface area contributed by atoms with E-state index in [4.69, 9.17) is 9.47 Å². The second-order valence-electron chi connectivity index (χ2n) is 9.96. The molecule has 0 radical (unpaired) electrons. The first-order valence-corrected chi connectivity index (χ1v) is 13.0. The molecule has 7 nitrogen and oxygen atoms in total. The second-order valence-corrected chi connectivity index (χ2v) is 9.96. The molecular weight excluding hydrogens is 430 g/mol. The molecule has 2 N–H and O–H groups in total. The zero-order valence-electron chi connectivity index (χ0n) is 21.2. The van der Waals surface area contributed by atoms with Crippen molar-refractivity contribution in [3.63, 3.8) is 0 Å². The molecule has 1 aromatic carbocycles. The zero-order valence-corrected chi connectivity index (χ0v) is 21.2. The number of methoxy groups -OCH3 is 1. The van der Waals surface area contributed by atoms with Crippen molar-refractivity contribution < 1.29 is 19.1 Å². The lowest BCUT2D eigenvalue weighted by atomic mass is 9.73. The van der Waals surface area contributed by atoms with E-state index in [1.807, 2.05) is 19.1 Å². The number of hydrogen-bond donors (Lipinski definition) is 2. The summed E-state index contributed by atoms with van der Waals surface area (Å²) >= 11 is 0. The van der Waals surface area contributed by atoms with E-state index in [2.05, 4.69) is 34.6 Å². The number of rotatable bonds is 5. The van der Waals surface area contributed by atoms with E-state index in [0.29, 0.717) is 19.8 Å². The molecule has 0 unspecified atom stereocenters. The first-order valence-electron chi connectivity index (χ1n) is 13.0. The molecule has 34 heavy (non-hydrogen) atoms. The summed E-state index contributed by atoms with van der Waals surface area (Å²) < 4.78 is 11.0. The van der Waals surface area contributed by atoms with Gasteiger partial charge >= 0.3 is 0 Å². The van der Waals surface area contributed by atoms with Gasteiger partial charge in [0.1, 0.15) is 11.8 Å². The molecule has 2 atom stereocenters. The average molecular weight is 474 g/mol. The number of carbonyl (C=O) groups excluding carboxylic acids is 2. The molecule has 2 amide bonds. The van der Waals surface area contributed by atoms with Gasteiger partial charge in [-0.3, -0.25) is 14.5 Å². The number of amides is 2. The van der Waals surface area contributed by atoms with Gasteiger partial charge in [0, 0.05) is 26.3 Å². The number of benzene rings is 1. The van der Waals surface area contributed by atoms with Crippen LogP contribution in [-0.2, 0) is 20.9 Å². The Balaban J connectivity index is 1.69. The normalized spacial score (nSPS) is 24.0. The fourth-order valence-electron chi connectivity index (χ4n) is 4.98. The van der Waals surface area contributed by atoms with Crippen LogP contribution in [0.25, 0.3) is 0 Å². The molecular formula is C27H43N3O4. The van der Waals surface area contributed by atoms with Gasteiger partial charge in [-0.25, -0.2) is 0 Å².